The number of nitrogens with one attached hydrogen (secondary N) is 2. The van der Waals surface area contributed by atoms with Crippen LogP contribution in [-0.4, -0.2) is 35.3 Å². The molecule has 29 heavy (non-hydrogen) atoms. The Hall–Kier alpha value is -3.15. The third-order valence-electron chi connectivity index (χ3n) is 5.39. The number of benzene rings is 2. The van der Waals surface area contributed by atoms with Gasteiger partial charge in [-0.3, -0.25) is 14.5 Å². The molecular formula is C23H27N3O3. The number of carbonyl (C=O) groups is 3. The number of amides is 4. The van der Waals surface area contributed by atoms with Gasteiger partial charge in [0.2, 0.25) is 5.91 Å². The molecule has 1 heterocycles. The third kappa shape index (κ3) is 4.47. The summed E-state index contributed by atoms with van der Waals surface area (Å²) >= 11 is 0. The minimum atomic E-state index is -1.11. The summed E-state index contributed by atoms with van der Waals surface area (Å²) in [7, 11) is 0. The maximum absolute atomic E-state index is 13.1. The Labute approximate surface area is 171 Å². The highest BCUT2D eigenvalue weighted by molar-refractivity contribution is 6.09. The lowest BCUT2D eigenvalue weighted by Gasteiger charge is -2.25. The van der Waals surface area contributed by atoms with Crippen molar-refractivity contribution < 1.29 is 14.4 Å². The van der Waals surface area contributed by atoms with Crippen LogP contribution < -0.4 is 10.6 Å². The number of rotatable bonds is 8. The van der Waals surface area contributed by atoms with Crippen molar-refractivity contribution in [3.63, 3.8) is 0 Å². The normalized spacial score (nSPS) is 19.7. The maximum Gasteiger partial charge on any atom is 0.325 e. The van der Waals surface area contributed by atoms with E-state index in [1.165, 1.54) is 5.56 Å². The number of hydrogen-bond donors (Lipinski definition) is 2. The lowest BCUT2D eigenvalue weighted by atomic mass is 9.87. The molecule has 0 aromatic heterocycles. The van der Waals surface area contributed by atoms with Crippen molar-refractivity contribution in [2.45, 2.75) is 44.7 Å². The molecule has 0 spiro atoms. The highest BCUT2D eigenvalue weighted by Gasteiger charge is 2.51. The van der Waals surface area contributed by atoms with Crippen LogP contribution in [0.25, 0.3) is 0 Å². The summed E-state index contributed by atoms with van der Waals surface area (Å²) in [6.45, 7) is 3.49. The van der Waals surface area contributed by atoms with E-state index in [0.717, 1.165) is 23.3 Å². The average Bonchev–Trinajstić information content (AvgIpc) is 2.98. The Morgan fingerprint density at radius 1 is 1.07 bits per heavy atom. The summed E-state index contributed by atoms with van der Waals surface area (Å²) in [4.78, 5) is 39.0. The summed E-state index contributed by atoms with van der Waals surface area (Å²) in [5.74, 6) is -0.725. The quantitative estimate of drug-likeness (QED) is 0.677. The topological polar surface area (TPSA) is 78.5 Å². The minimum absolute atomic E-state index is 0.0615. The summed E-state index contributed by atoms with van der Waals surface area (Å²) in [6.07, 6.45) is 2.03. The van der Waals surface area contributed by atoms with E-state index in [-0.39, 0.29) is 24.4 Å². The first-order chi connectivity index (χ1) is 14.0. The van der Waals surface area contributed by atoms with Crippen molar-refractivity contribution in [3.05, 3.63) is 71.8 Å². The number of hydrogen-bond acceptors (Lipinski definition) is 3. The van der Waals surface area contributed by atoms with Crippen LogP contribution in [0.1, 0.15) is 37.8 Å². The second-order valence-corrected chi connectivity index (χ2v) is 7.44. The minimum Gasteiger partial charge on any atom is -0.352 e. The molecule has 2 N–H and O–H groups in total. The summed E-state index contributed by atoms with van der Waals surface area (Å²) in [5, 5.41) is 5.69. The summed E-state index contributed by atoms with van der Waals surface area (Å²) in [6, 6.07) is 18.6. The van der Waals surface area contributed by atoms with E-state index in [1.807, 2.05) is 62.4 Å². The monoisotopic (exact) mass is 393 g/mol. The average molecular weight is 393 g/mol. The molecule has 6 heteroatoms. The number of carbonyl (C=O) groups excluding carboxylic acids is 3. The Morgan fingerprint density at radius 2 is 1.69 bits per heavy atom. The lowest BCUT2D eigenvalue weighted by Crippen LogP contribution is -2.45. The molecule has 0 aliphatic carbocycles. The molecule has 1 saturated heterocycles. The number of imide groups is 1. The molecule has 1 aliphatic heterocycles. The molecule has 2 aromatic carbocycles. The zero-order chi connectivity index (χ0) is 20.9. The van der Waals surface area contributed by atoms with Gasteiger partial charge in [-0.2, -0.15) is 0 Å². The van der Waals surface area contributed by atoms with Crippen molar-refractivity contribution >= 4 is 17.8 Å². The second-order valence-electron chi connectivity index (χ2n) is 7.44. The van der Waals surface area contributed by atoms with Gasteiger partial charge in [0.05, 0.1) is 0 Å². The van der Waals surface area contributed by atoms with E-state index in [1.54, 1.807) is 0 Å². The molecule has 2 aromatic rings. The summed E-state index contributed by atoms with van der Waals surface area (Å²) in [5.41, 5.74) is 0.815. The van der Waals surface area contributed by atoms with Crippen LogP contribution in [0.15, 0.2) is 60.7 Å². The molecule has 0 saturated carbocycles. The van der Waals surface area contributed by atoms with Crippen LogP contribution >= 0.6 is 0 Å². The first kappa shape index (κ1) is 20.6. The number of urea groups is 1. The van der Waals surface area contributed by atoms with Gasteiger partial charge in [-0.05, 0) is 37.3 Å². The Balaban J connectivity index is 1.60. The van der Waals surface area contributed by atoms with E-state index in [9.17, 15) is 14.4 Å². The molecule has 6 nitrogen and oxygen atoms in total. The Morgan fingerprint density at radius 3 is 2.31 bits per heavy atom. The zero-order valence-electron chi connectivity index (χ0n) is 16.9. The Kier molecular flexibility index (Phi) is 6.32. The van der Waals surface area contributed by atoms with Crippen molar-refractivity contribution in [1.29, 1.82) is 0 Å². The SMILES string of the molecule is CC[C@@]1(c2ccccc2)NC(=O)N(CC(=O)N[C@@H](C)CCc2ccccc2)C1=O. The fourth-order valence-electron chi connectivity index (χ4n) is 3.70. The van der Waals surface area contributed by atoms with E-state index < -0.39 is 11.6 Å². The van der Waals surface area contributed by atoms with Gasteiger partial charge >= 0.3 is 6.03 Å². The molecule has 4 amide bonds. The van der Waals surface area contributed by atoms with Crippen molar-refractivity contribution in [3.8, 4) is 0 Å². The lowest BCUT2D eigenvalue weighted by molar-refractivity contribution is -0.135. The van der Waals surface area contributed by atoms with Crippen LogP contribution in [0.2, 0.25) is 0 Å². The van der Waals surface area contributed by atoms with E-state index in [2.05, 4.69) is 22.8 Å². The van der Waals surface area contributed by atoms with E-state index in [4.69, 9.17) is 0 Å². The third-order valence-corrected chi connectivity index (χ3v) is 5.39. The van der Waals surface area contributed by atoms with Crippen LogP contribution in [0, 0.1) is 0 Å². The molecule has 2 atom stereocenters. The van der Waals surface area contributed by atoms with Gasteiger partial charge < -0.3 is 10.6 Å². The zero-order valence-corrected chi connectivity index (χ0v) is 16.9. The van der Waals surface area contributed by atoms with Crippen LogP contribution in [0.5, 0.6) is 0 Å². The fourth-order valence-corrected chi connectivity index (χ4v) is 3.70. The van der Waals surface area contributed by atoms with Crippen molar-refractivity contribution in [2.75, 3.05) is 6.54 Å². The van der Waals surface area contributed by atoms with Gasteiger partial charge in [-0.25, -0.2) is 4.79 Å². The van der Waals surface area contributed by atoms with Gasteiger partial charge in [0.1, 0.15) is 12.1 Å². The first-order valence-electron chi connectivity index (χ1n) is 9.99. The molecule has 152 valence electrons. The highest BCUT2D eigenvalue weighted by Crippen LogP contribution is 2.32. The van der Waals surface area contributed by atoms with Gasteiger partial charge in [0.25, 0.3) is 5.91 Å². The predicted octanol–water partition coefficient (Wildman–Crippen LogP) is 2.98. The molecule has 1 fully saturated rings. The number of nitrogens with zero attached hydrogens (tertiary/aromatic N) is 1. The fraction of sp³-hybridized carbons (Fsp3) is 0.348. The van der Waals surface area contributed by atoms with Crippen LogP contribution in [0.3, 0.4) is 0 Å². The smallest absolute Gasteiger partial charge is 0.325 e. The molecule has 1 aliphatic rings. The molecule has 0 radical (unpaired) electrons. The van der Waals surface area contributed by atoms with E-state index in [0.29, 0.717) is 6.42 Å². The van der Waals surface area contributed by atoms with Crippen molar-refractivity contribution in [1.82, 2.24) is 15.5 Å². The number of aryl methyl sites for hydroxylation is 1. The van der Waals surface area contributed by atoms with Crippen LogP contribution in [-0.2, 0) is 21.5 Å². The molecule has 3 rings (SSSR count). The molecule has 0 bridgehead atoms. The van der Waals surface area contributed by atoms with Crippen LogP contribution in [0.4, 0.5) is 4.79 Å². The van der Waals surface area contributed by atoms with Gasteiger partial charge in [0, 0.05) is 6.04 Å². The second kappa shape index (κ2) is 8.90. The van der Waals surface area contributed by atoms with Gasteiger partial charge in [-0.1, -0.05) is 67.6 Å². The Bertz CT molecular complexity index is 869. The molecule has 0 unspecified atom stereocenters. The van der Waals surface area contributed by atoms with Gasteiger partial charge in [-0.15, -0.1) is 0 Å². The predicted molar refractivity (Wildman–Crippen MR) is 111 cm³/mol. The maximum atomic E-state index is 13.1. The van der Waals surface area contributed by atoms with E-state index >= 15 is 0 Å². The summed E-state index contributed by atoms with van der Waals surface area (Å²) < 4.78 is 0. The first-order valence-corrected chi connectivity index (χ1v) is 9.99. The highest BCUT2D eigenvalue weighted by atomic mass is 16.2. The largest absolute Gasteiger partial charge is 0.352 e. The van der Waals surface area contributed by atoms with Gasteiger partial charge in [0.15, 0.2) is 0 Å². The molecular weight excluding hydrogens is 366 g/mol. The standard InChI is InChI=1S/C23H27N3O3/c1-3-23(19-12-8-5-9-13-19)21(28)26(22(29)25-23)16-20(27)24-17(2)14-15-18-10-6-4-7-11-18/h4-13,17H,3,14-16H2,1-2H3,(H,24,27)(H,25,29)/t17-,23-/m0/s1. The van der Waals surface area contributed by atoms with Crippen molar-refractivity contribution in [2.24, 2.45) is 0 Å².